The van der Waals surface area contributed by atoms with Crippen LogP contribution in [0.15, 0.2) is 0 Å². The zero-order valence-electron chi connectivity index (χ0n) is 16.2. The average Bonchev–Trinajstić information content (AvgIpc) is 2.95. The van der Waals surface area contributed by atoms with E-state index in [9.17, 15) is 0 Å². The van der Waals surface area contributed by atoms with E-state index < -0.39 is 0 Å². The average molecular weight is 340 g/mol. The molecule has 0 aliphatic heterocycles. The molecule has 0 spiro atoms. The summed E-state index contributed by atoms with van der Waals surface area (Å²) in [4.78, 5) is 0. The first kappa shape index (κ1) is 18.1. The van der Waals surface area contributed by atoms with Crippen molar-refractivity contribution in [3.05, 3.63) is 0 Å². The van der Waals surface area contributed by atoms with Crippen LogP contribution >= 0.6 is 11.6 Å². The third-order valence-corrected chi connectivity index (χ3v) is 8.40. The minimum absolute atomic E-state index is 0.222. The molecule has 3 saturated carbocycles. The summed E-state index contributed by atoms with van der Waals surface area (Å²) < 4.78 is 0. The van der Waals surface area contributed by atoms with Crippen LogP contribution in [0.5, 0.6) is 0 Å². The van der Waals surface area contributed by atoms with Gasteiger partial charge in [0.1, 0.15) is 0 Å². The Kier molecular flexibility index (Phi) is 4.87. The van der Waals surface area contributed by atoms with Crippen molar-refractivity contribution < 1.29 is 0 Å². The van der Waals surface area contributed by atoms with E-state index in [2.05, 4.69) is 46.9 Å². The van der Waals surface area contributed by atoms with Gasteiger partial charge in [0.25, 0.3) is 0 Å². The van der Waals surface area contributed by atoms with E-state index in [1.165, 1.54) is 32.2 Å². The van der Waals surface area contributed by atoms with Crippen LogP contribution in [0.2, 0.25) is 0 Å². The van der Waals surface area contributed by atoms with Gasteiger partial charge < -0.3 is 5.32 Å². The second-order valence-corrected chi connectivity index (χ2v) is 10.6. The summed E-state index contributed by atoms with van der Waals surface area (Å²) in [6.07, 6.45) is 6.47. The molecule has 0 heterocycles. The van der Waals surface area contributed by atoms with Gasteiger partial charge in [0.2, 0.25) is 0 Å². The molecule has 1 N–H and O–H groups in total. The maximum Gasteiger partial charge on any atom is 0.0356 e. The Morgan fingerprint density at radius 3 is 2.48 bits per heavy atom. The first-order valence-corrected chi connectivity index (χ1v) is 10.6. The lowest BCUT2D eigenvalue weighted by Gasteiger charge is -2.43. The Morgan fingerprint density at radius 1 is 1.17 bits per heavy atom. The minimum Gasteiger partial charge on any atom is -0.311 e. The molecule has 0 aromatic rings. The predicted octanol–water partition coefficient (Wildman–Crippen LogP) is 5.72. The SMILES string of the molecule is CCC1C2C(C(C)C)CC12CNC1(C)CC(Cl)CC(C)CC1C. The maximum atomic E-state index is 6.65. The quantitative estimate of drug-likeness (QED) is 0.499. The first-order chi connectivity index (χ1) is 10.7. The number of nitrogens with one attached hydrogen (secondary N) is 1. The lowest BCUT2D eigenvalue weighted by molar-refractivity contribution is 0.106. The summed E-state index contributed by atoms with van der Waals surface area (Å²) in [5.74, 6) is 5.33. The van der Waals surface area contributed by atoms with Crippen LogP contribution in [-0.2, 0) is 0 Å². The fraction of sp³-hybridized carbons (Fsp3) is 1.00. The molecule has 8 unspecified atom stereocenters. The van der Waals surface area contributed by atoms with Gasteiger partial charge in [-0.05, 0) is 73.5 Å². The van der Waals surface area contributed by atoms with Crippen molar-refractivity contribution in [3.8, 4) is 0 Å². The van der Waals surface area contributed by atoms with E-state index in [1.54, 1.807) is 0 Å². The summed E-state index contributed by atoms with van der Waals surface area (Å²) in [5, 5.41) is 4.40. The van der Waals surface area contributed by atoms with Gasteiger partial charge in [-0.25, -0.2) is 0 Å². The molecule has 0 radical (unpaired) electrons. The lowest BCUT2D eigenvalue weighted by atomic mass is 9.69. The number of hydrogen-bond donors (Lipinski definition) is 1. The smallest absolute Gasteiger partial charge is 0.0356 e. The Morgan fingerprint density at radius 2 is 1.87 bits per heavy atom. The highest BCUT2D eigenvalue weighted by Gasteiger charge is 2.73. The number of halogens is 1. The predicted molar refractivity (Wildman–Crippen MR) is 101 cm³/mol. The summed E-state index contributed by atoms with van der Waals surface area (Å²) >= 11 is 6.65. The van der Waals surface area contributed by atoms with Gasteiger partial charge in [-0.3, -0.25) is 0 Å². The number of hydrogen-bond acceptors (Lipinski definition) is 1. The van der Waals surface area contributed by atoms with E-state index in [1.807, 2.05) is 0 Å². The molecule has 2 heteroatoms. The molecule has 8 atom stereocenters. The molecule has 134 valence electrons. The maximum absolute atomic E-state index is 6.65. The summed E-state index contributed by atoms with van der Waals surface area (Å²) in [5.41, 5.74) is 0.867. The molecule has 3 rings (SSSR count). The largest absolute Gasteiger partial charge is 0.311 e. The molecule has 0 bridgehead atoms. The van der Waals surface area contributed by atoms with Gasteiger partial charge in [0.05, 0.1) is 0 Å². The second-order valence-electron chi connectivity index (χ2n) is 9.94. The Labute approximate surface area is 149 Å². The fourth-order valence-electron chi connectivity index (χ4n) is 6.42. The number of alkyl halides is 1. The first-order valence-electron chi connectivity index (χ1n) is 10.1. The van der Waals surface area contributed by atoms with Crippen LogP contribution in [0.3, 0.4) is 0 Å². The monoisotopic (exact) mass is 339 g/mol. The molecular weight excluding hydrogens is 302 g/mol. The molecule has 0 saturated heterocycles. The highest BCUT2D eigenvalue weighted by Crippen LogP contribution is 2.77. The lowest BCUT2D eigenvalue weighted by Crippen LogP contribution is -2.52. The number of rotatable bonds is 5. The van der Waals surface area contributed by atoms with Gasteiger partial charge >= 0.3 is 0 Å². The highest BCUT2D eigenvalue weighted by atomic mass is 35.5. The topological polar surface area (TPSA) is 12.0 Å². The van der Waals surface area contributed by atoms with Crippen molar-refractivity contribution in [3.63, 3.8) is 0 Å². The molecule has 3 fully saturated rings. The van der Waals surface area contributed by atoms with Crippen molar-refractivity contribution in [1.82, 2.24) is 5.32 Å². The van der Waals surface area contributed by atoms with Crippen molar-refractivity contribution in [2.24, 2.45) is 40.9 Å². The van der Waals surface area contributed by atoms with Crippen LogP contribution in [0.1, 0.15) is 73.6 Å². The molecule has 0 amide bonds. The highest BCUT2D eigenvalue weighted by molar-refractivity contribution is 6.20. The summed E-state index contributed by atoms with van der Waals surface area (Å²) in [7, 11) is 0. The van der Waals surface area contributed by atoms with Gasteiger partial charge in [-0.15, -0.1) is 11.6 Å². The second kappa shape index (κ2) is 6.20. The standard InChI is InChI=1S/C21H38ClN/c1-7-18-19-17(13(2)3)11-21(18,19)12-23-20(6)10-16(22)9-14(4)8-15(20)5/h13-19,23H,7-12H2,1-6H3. The van der Waals surface area contributed by atoms with E-state index in [-0.39, 0.29) is 5.54 Å². The van der Waals surface area contributed by atoms with Crippen LogP contribution in [0, 0.1) is 40.9 Å². The summed E-state index contributed by atoms with van der Waals surface area (Å²) in [6.45, 7) is 15.7. The zero-order chi connectivity index (χ0) is 17.0. The Hall–Kier alpha value is 0.250. The molecule has 23 heavy (non-hydrogen) atoms. The molecule has 1 nitrogen and oxygen atoms in total. The molecular formula is C21H38ClN. The van der Waals surface area contributed by atoms with Crippen LogP contribution in [0.25, 0.3) is 0 Å². The van der Waals surface area contributed by atoms with Gasteiger partial charge in [-0.1, -0.05) is 41.0 Å². The molecule has 0 aromatic heterocycles. The van der Waals surface area contributed by atoms with E-state index in [0.29, 0.717) is 10.8 Å². The Bertz CT molecular complexity index is 436. The molecule has 3 aliphatic carbocycles. The van der Waals surface area contributed by atoms with Crippen LogP contribution in [0.4, 0.5) is 0 Å². The molecule has 3 aliphatic rings. The van der Waals surface area contributed by atoms with Crippen molar-refractivity contribution in [2.45, 2.75) is 84.6 Å². The van der Waals surface area contributed by atoms with E-state index >= 15 is 0 Å². The minimum atomic E-state index is 0.222. The zero-order valence-corrected chi connectivity index (χ0v) is 16.9. The van der Waals surface area contributed by atoms with Crippen molar-refractivity contribution >= 4 is 11.6 Å². The number of fused-ring (bicyclic) bond motifs is 1. The van der Waals surface area contributed by atoms with E-state index in [0.717, 1.165) is 41.9 Å². The van der Waals surface area contributed by atoms with Gasteiger partial charge in [0, 0.05) is 17.5 Å². The van der Waals surface area contributed by atoms with Crippen molar-refractivity contribution in [2.75, 3.05) is 6.54 Å². The van der Waals surface area contributed by atoms with Crippen LogP contribution in [-0.4, -0.2) is 17.5 Å². The van der Waals surface area contributed by atoms with E-state index in [4.69, 9.17) is 11.6 Å². The van der Waals surface area contributed by atoms with Gasteiger partial charge in [-0.2, -0.15) is 0 Å². The van der Waals surface area contributed by atoms with Gasteiger partial charge in [0.15, 0.2) is 0 Å². The van der Waals surface area contributed by atoms with Crippen LogP contribution < -0.4 is 5.32 Å². The Balaban J connectivity index is 1.64. The van der Waals surface area contributed by atoms with Crippen molar-refractivity contribution in [1.29, 1.82) is 0 Å². The third kappa shape index (κ3) is 2.99. The summed E-state index contributed by atoms with van der Waals surface area (Å²) in [6, 6.07) is 0. The normalized spacial score (nSPS) is 52.7. The molecule has 0 aromatic carbocycles. The fourth-order valence-corrected chi connectivity index (χ4v) is 7.04. The third-order valence-electron chi connectivity index (χ3n) is 8.07.